The highest BCUT2D eigenvalue weighted by Gasteiger charge is 2.09. The lowest BCUT2D eigenvalue weighted by atomic mass is 10.1. The first kappa shape index (κ1) is 15.1. The van der Waals surface area contributed by atoms with Crippen LogP contribution in [0, 0.1) is 0 Å². The van der Waals surface area contributed by atoms with E-state index >= 15 is 0 Å². The summed E-state index contributed by atoms with van der Waals surface area (Å²) >= 11 is 3.27. The van der Waals surface area contributed by atoms with Gasteiger partial charge < -0.3 is 15.0 Å². The number of aryl methyl sites for hydroxylation is 1. The number of nitrogens with two attached hydrogens (primary N) is 1. The van der Waals surface area contributed by atoms with Gasteiger partial charge in [0.2, 0.25) is 0 Å². The Hall–Kier alpha value is -1.83. The van der Waals surface area contributed by atoms with Gasteiger partial charge in [-0.05, 0) is 18.2 Å². The third-order valence-corrected chi connectivity index (χ3v) is 5.13. The molecule has 2 aromatic heterocycles. The first-order valence-electron chi connectivity index (χ1n) is 6.68. The van der Waals surface area contributed by atoms with Crippen molar-refractivity contribution in [2.45, 2.75) is 15.6 Å². The zero-order chi connectivity index (χ0) is 15.5. The molecule has 2 N–H and O–H groups in total. The van der Waals surface area contributed by atoms with Crippen LogP contribution < -0.4 is 10.5 Å². The van der Waals surface area contributed by atoms with E-state index in [-0.39, 0.29) is 0 Å². The quantitative estimate of drug-likeness (QED) is 0.777. The Morgan fingerprint density at radius 1 is 1.32 bits per heavy atom. The van der Waals surface area contributed by atoms with Gasteiger partial charge in [-0.2, -0.15) is 0 Å². The summed E-state index contributed by atoms with van der Waals surface area (Å²) in [5.41, 5.74) is 7.57. The summed E-state index contributed by atoms with van der Waals surface area (Å²) in [5.74, 6) is 0.814. The molecule has 0 amide bonds. The normalized spacial score (nSPS) is 10.9. The van der Waals surface area contributed by atoms with Crippen LogP contribution in [0.5, 0.6) is 5.75 Å². The summed E-state index contributed by atoms with van der Waals surface area (Å²) in [6.45, 7) is 0.475. The molecule has 0 saturated heterocycles. The van der Waals surface area contributed by atoms with Gasteiger partial charge in [-0.1, -0.05) is 11.8 Å². The van der Waals surface area contributed by atoms with Crippen molar-refractivity contribution in [2.75, 3.05) is 7.11 Å². The second-order valence-corrected chi connectivity index (χ2v) is 7.19. The Balaban J connectivity index is 1.93. The van der Waals surface area contributed by atoms with Crippen molar-refractivity contribution in [1.82, 2.24) is 14.5 Å². The van der Waals surface area contributed by atoms with Crippen LogP contribution in [-0.4, -0.2) is 21.6 Å². The van der Waals surface area contributed by atoms with Crippen LogP contribution >= 0.6 is 23.1 Å². The molecule has 0 spiro atoms. The molecule has 3 rings (SSSR count). The molecule has 0 saturated carbocycles. The van der Waals surface area contributed by atoms with Crippen molar-refractivity contribution < 1.29 is 4.74 Å². The molecule has 0 fully saturated rings. The summed E-state index contributed by atoms with van der Waals surface area (Å²) in [6.07, 6.45) is 5.64. The number of rotatable bonds is 5. The van der Waals surface area contributed by atoms with Crippen LogP contribution in [0.25, 0.3) is 11.3 Å². The zero-order valence-electron chi connectivity index (χ0n) is 12.3. The predicted molar refractivity (Wildman–Crippen MR) is 89.3 cm³/mol. The van der Waals surface area contributed by atoms with Crippen LogP contribution in [0.4, 0.5) is 0 Å². The topological polar surface area (TPSA) is 66.0 Å². The van der Waals surface area contributed by atoms with Crippen molar-refractivity contribution in [3.63, 3.8) is 0 Å². The SMILES string of the molecule is COc1cc(Sc2cnc(CN)s2)cc(-c2cn(C)cn2)c1. The number of benzene rings is 1. The highest BCUT2D eigenvalue weighted by Crippen LogP contribution is 2.36. The minimum Gasteiger partial charge on any atom is -0.497 e. The fourth-order valence-electron chi connectivity index (χ4n) is 2.01. The molecule has 0 atom stereocenters. The van der Waals surface area contributed by atoms with Gasteiger partial charge in [-0.25, -0.2) is 9.97 Å². The van der Waals surface area contributed by atoms with E-state index in [1.165, 1.54) is 0 Å². The summed E-state index contributed by atoms with van der Waals surface area (Å²) in [5, 5.41) is 0.940. The van der Waals surface area contributed by atoms with Crippen molar-refractivity contribution >= 4 is 23.1 Å². The first-order valence-corrected chi connectivity index (χ1v) is 8.31. The van der Waals surface area contributed by atoms with Crippen molar-refractivity contribution in [1.29, 1.82) is 0 Å². The Bertz CT molecular complexity index is 781. The van der Waals surface area contributed by atoms with E-state index in [0.29, 0.717) is 6.54 Å². The Morgan fingerprint density at radius 3 is 2.82 bits per heavy atom. The number of nitrogens with zero attached hydrogens (tertiary/aromatic N) is 3. The lowest BCUT2D eigenvalue weighted by molar-refractivity contribution is 0.414. The van der Waals surface area contributed by atoms with E-state index in [4.69, 9.17) is 10.5 Å². The highest BCUT2D eigenvalue weighted by molar-refractivity contribution is 8.01. The van der Waals surface area contributed by atoms with Gasteiger partial charge in [0.05, 0.1) is 29.5 Å². The fourth-order valence-corrected chi connectivity index (χ4v) is 3.98. The molecule has 1 aromatic carbocycles. The van der Waals surface area contributed by atoms with E-state index in [2.05, 4.69) is 16.0 Å². The van der Waals surface area contributed by atoms with Crippen LogP contribution in [-0.2, 0) is 13.6 Å². The third kappa shape index (κ3) is 3.32. The summed E-state index contributed by atoms with van der Waals surface area (Å²) in [4.78, 5) is 9.77. The van der Waals surface area contributed by atoms with Crippen LogP contribution in [0.1, 0.15) is 5.01 Å². The maximum Gasteiger partial charge on any atom is 0.120 e. The number of imidazole rings is 1. The van der Waals surface area contributed by atoms with Crippen molar-refractivity contribution in [3.05, 3.63) is 41.9 Å². The summed E-state index contributed by atoms with van der Waals surface area (Å²) in [6, 6.07) is 6.11. The molecule has 5 nitrogen and oxygen atoms in total. The Kier molecular flexibility index (Phi) is 4.47. The molecule has 0 unspecified atom stereocenters. The van der Waals surface area contributed by atoms with Gasteiger partial charge in [0.25, 0.3) is 0 Å². The largest absolute Gasteiger partial charge is 0.497 e. The molecule has 22 heavy (non-hydrogen) atoms. The van der Waals surface area contributed by atoms with Gasteiger partial charge in [0.1, 0.15) is 10.8 Å². The maximum atomic E-state index is 5.61. The number of methoxy groups -OCH3 is 1. The molecular weight excluding hydrogens is 316 g/mol. The monoisotopic (exact) mass is 332 g/mol. The number of thiazole rings is 1. The van der Waals surface area contributed by atoms with Crippen LogP contribution in [0.3, 0.4) is 0 Å². The molecule has 114 valence electrons. The van der Waals surface area contributed by atoms with Gasteiger partial charge in [0, 0.05) is 30.2 Å². The predicted octanol–water partition coefficient (Wildman–Crippen LogP) is 3.16. The van der Waals surface area contributed by atoms with E-state index in [1.807, 2.05) is 36.1 Å². The van der Waals surface area contributed by atoms with Gasteiger partial charge in [-0.15, -0.1) is 11.3 Å². The van der Waals surface area contributed by atoms with E-state index in [9.17, 15) is 0 Å². The lowest BCUT2D eigenvalue weighted by Crippen LogP contribution is -1.93. The summed E-state index contributed by atoms with van der Waals surface area (Å²) in [7, 11) is 3.63. The zero-order valence-corrected chi connectivity index (χ0v) is 13.9. The number of hydrogen-bond acceptors (Lipinski definition) is 6. The van der Waals surface area contributed by atoms with E-state index < -0.39 is 0 Å². The van der Waals surface area contributed by atoms with Gasteiger partial charge in [-0.3, -0.25) is 0 Å². The molecule has 2 heterocycles. The molecule has 0 aliphatic heterocycles. The minimum absolute atomic E-state index is 0.475. The number of ether oxygens (including phenoxy) is 1. The number of hydrogen-bond donors (Lipinski definition) is 1. The van der Waals surface area contributed by atoms with E-state index in [0.717, 1.165) is 31.1 Å². The third-order valence-electron chi connectivity index (χ3n) is 3.04. The minimum atomic E-state index is 0.475. The second-order valence-electron chi connectivity index (χ2n) is 4.70. The smallest absolute Gasteiger partial charge is 0.120 e. The average molecular weight is 332 g/mol. The second kappa shape index (κ2) is 6.51. The molecule has 0 bridgehead atoms. The highest BCUT2D eigenvalue weighted by atomic mass is 32.2. The molecule has 3 aromatic rings. The fraction of sp³-hybridized carbons (Fsp3) is 0.200. The first-order chi connectivity index (χ1) is 10.7. The van der Waals surface area contributed by atoms with Crippen molar-refractivity contribution in [3.8, 4) is 17.0 Å². The molecule has 7 heteroatoms. The van der Waals surface area contributed by atoms with Crippen LogP contribution in [0.15, 0.2) is 46.0 Å². The van der Waals surface area contributed by atoms with Crippen molar-refractivity contribution in [2.24, 2.45) is 12.8 Å². The molecule has 0 aliphatic rings. The maximum absolute atomic E-state index is 5.61. The molecule has 0 aliphatic carbocycles. The molecular formula is C15H16N4OS2. The summed E-state index contributed by atoms with van der Waals surface area (Å²) < 4.78 is 8.45. The van der Waals surface area contributed by atoms with Crippen LogP contribution in [0.2, 0.25) is 0 Å². The van der Waals surface area contributed by atoms with Gasteiger partial charge >= 0.3 is 0 Å². The standard InChI is InChI=1S/C15H16N4OS2/c1-19-8-13(18-9-19)10-3-11(20-2)5-12(4-10)21-15-7-17-14(6-16)22-15/h3-5,7-9H,6,16H2,1-2H3. The van der Waals surface area contributed by atoms with E-state index in [1.54, 1.807) is 36.5 Å². The Morgan fingerprint density at radius 2 is 2.18 bits per heavy atom. The van der Waals surface area contributed by atoms with Gasteiger partial charge in [0.15, 0.2) is 0 Å². The lowest BCUT2D eigenvalue weighted by Gasteiger charge is -2.06. The Labute approximate surface area is 137 Å². The average Bonchev–Trinajstić information content (AvgIpc) is 3.15. The number of aromatic nitrogens is 3. The molecule has 0 radical (unpaired) electrons.